The molecular weight excluding hydrogens is 386 g/mol. The number of hydrogen-bond donors (Lipinski definition) is 1. The zero-order valence-electron chi connectivity index (χ0n) is 15.7. The molecule has 0 unspecified atom stereocenters. The van der Waals surface area contributed by atoms with Gasteiger partial charge in [-0.25, -0.2) is 0 Å². The number of nitrogens with one attached hydrogen (secondary N) is 1. The van der Waals surface area contributed by atoms with Crippen molar-refractivity contribution in [1.82, 2.24) is 9.55 Å². The minimum absolute atomic E-state index is 0.124. The van der Waals surface area contributed by atoms with Gasteiger partial charge in [0.15, 0.2) is 0 Å². The molecule has 0 fully saturated rings. The predicted octanol–water partition coefficient (Wildman–Crippen LogP) is 4.66. The van der Waals surface area contributed by atoms with Crippen LogP contribution in [0.2, 0.25) is 5.02 Å². The van der Waals surface area contributed by atoms with Crippen molar-refractivity contribution in [2.24, 2.45) is 0 Å². The fraction of sp³-hybridized carbons (Fsp3) is 0.0870. The lowest BCUT2D eigenvalue weighted by Crippen LogP contribution is -2.21. The molecule has 4 aromatic rings. The number of rotatable bonds is 4. The number of hydrogen-bond acceptors (Lipinski definition) is 3. The molecule has 5 nitrogen and oxygen atoms in total. The maximum absolute atomic E-state index is 12.9. The van der Waals surface area contributed by atoms with Gasteiger partial charge in [-0.15, -0.1) is 0 Å². The first kappa shape index (κ1) is 18.9. The van der Waals surface area contributed by atoms with E-state index in [1.54, 1.807) is 59.6 Å². The van der Waals surface area contributed by atoms with Crippen LogP contribution in [0.5, 0.6) is 0 Å². The fourth-order valence-corrected chi connectivity index (χ4v) is 3.35. The van der Waals surface area contributed by atoms with Gasteiger partial charge in [-0.1, -0.05) is 29.8 Å². The van der Waals surface area contributed by atoms with Crippen LogP contribution < -0.4 is 10.9 Å². The zero-order chi connectivity index (χ0) is 20.4. The van der Waals surface area contributed by atoms with E-state index in [1.165, 1.54) is 0 Å². The van der Waals surface area contributed by atoms with E-state index < -0.39 is 0 Å². The van der Waals surface area contributed by atoms with Crippen molar-refractivity contribution in [3.63, 3.8) is 0 Å². The van der Waals surface area contributed by atoms with Gasteiger partial charge in [0.05, 0.1) is 6.54 Å². The molecule has 6 heteroatoms. The van der Waals surface area contributed by atoms with Crippen LogP contribution in [0.1, 0.15) is 21.5 Å². The standard InChI is InChI=1S/C23H18ClN3O2/c1-15-7-8-17(12-20(15)24)22(28)26-21-6-2-5-19-18(21)9-11-27(23(19)29)14-16-4-3-10-25-13-16/h2-13H,14H2,1H3,(H,26,28). The van der Waals surface area contributed by atoms with Gasteiger partial charge in [0.2, 0.25) is 0 Å². The van der Waals surface area contributed by atoms with Crippen LogP contribution in [0.25, 0.3) is 10.8 Å². The van der Waals surface area contributed by atoms with E-state index >= 15 is 0 Å². The Morgan fingerprint density at radius 1 is 1.10 bits per heavy atom. The number of carbonyl (C=O) groups excluding carboxylic acids is 1. The highest BCUT2D eigenvalue weighted by Crippen LogP contribution is 2.23. The van der Waals surface area contributed by atoms with Crippen LogP contribution in [0, 0.1) is 6.92 Å². The first-order chi connectivity index (χ1) is 14.0. The van der Waals surface area contributed by atoms with Crippen LogP contribution in [0.3, 0.4) is 0 Å². The highest BCUT2D eigenvalue weighted by atomic mass is 35.5. The topological polar surface area (TPSA) is 64.0 Å². The molecule has 0 aliphatic rings. The number of halogens is 1. The second kappa shape index (κ2) is 7.89. The minimum atomic E-state index is -0.279. The molecule has 1 amide bonds. The van der Waals surface area contributed by atoms with E-state index in [-0.39, 0.29) is 11.5 Å². The summed E-state index contributed by atoms with van der Waals surface area (Å²) in [4.78, 5) is 29.7. The van der Waals surface area contributed by atoms with Crippen molar-refractivity contribution in [1.29, 1.82) is 0 Å². The Hall–Kier alpha value is -3.44. The highest BCUT2D eigenvalue weighted by Gasteiger charge is 2.12. The normalized spacial score (nSPS) is 10.8. The highest BCUT2D eigenvalue weighted by molar-refractivity contribution is 6.31. The van der Waals surface area contributed by atoms with Crippen LogP contribution in [0.15, 0.2) is 78.0 Å². The monoisotopic (exact) mass is 403 g/mol. The molecule has 1 N–H and O–H groups in total. The SMILES string of the molecule is Cc1ccc(C(=O)Nc2cccc3c(=O)n(Cc4cccnc4)ccc23)cc1Cl. The number of pyridine rings is 2. The summed E-state index contributed by atoms with van der Waals surface area (Å²) >= 11 is 6.13. The largest absolute Gasteiger partial charge is 0.321 e. The molecule has 0 saturated heterocycles. The first-order valence-corrected chi connectivity index (χ1v) is 9.49. The maximum Gasteiger partial charge on any atom is 0.258 e. The van der Waals surface area contributed by atoms with E-state index in [0.29, 0.717) is 33.6 Å². The number of benzene rings is 2. The van der Waals surface area contributed by atoms with Crippen molar-refractivity contribution in [2.75, 3.05) is 5.32 Å². The number of fused-ring (bicyclic) bond motifs is 1. The molecule has 29 heavy (non-hydrogen) atoms. The Labute approximate surface area is 172 Å². The summed E-state index contributed by atoms with van der Waals surface area (Å²) in [5.41, 5.74) is 2.76. The predicted molar refractivity (Wildman–Crippen MR) is 116 cm³/mol. The molecule has 4 rings (SSSR count). The lowest BCUT2D eigenvalue weighted by molar-refractivity contribution is 0.102. The minimum Gasteiger partial charge on any atom is -0.321 e. The second-order valence-electron chi connectivity index (χ2n) is 6.79. The lowest BCUT2D eigenvalue weighted by Gasteiger charge is -2.12. The molecule has 0 aliphatic carbocycles. The van der Waals surface area contributed by atoms with Crippen molar-refractivity contribution in [3.05, 3.63) is 105 Å². The van der Waals surface area contributed by atoms with Crippen molar-refractivity contribution >= 4 is 34.0 Å². The van der Waals surface area contributed by atoms with Crippen molar-refractivity contribution < 1.29 is 4.79 Å². The molecule has 2 aromatic carbocycles. The first-order valence-electron chi connectivity index (χ1n) is 9.11. The summed E-state index contributed by atoms with van der Waals surface area (Å²) < 4.78 is 1.63. The van der Waals surface area contributed by atoms with Gasteiger partial charge in [-0.3, -0.25) is 14.6 Å². The van der Waals surface area contributed by atoms with Gasteiger partial charge in [0.1, 0.15) is 0 Å². The average molecular weight is 404 g/mol. The van der Waals surface area contributed by atoms with Crippen molar-refractivity contribution in [2.45, 2.75) is 13.5 Å². The summed E-state index contributed by atoms with van der Waals surface area (Å²) in [6, 6.07) is 16.1. The molecule has 144 valence electrons. The third kappa shape index (κ3) is 3.91. The van der Waals surface area contributed by atoms with E-state index in [0.717, 1.165) is 11.1 Å². The molecule has 0 atom stereocenters. The van der Waals surface area contributed by atoms with E-state index in [2.05, 4.69) is 10.3 Å². The number of amides is 1. The summed E-state index contributed by atoms with van der Waals surface area (Å²) in [5.74, 6) is -0.279. The Kier molecular flexibility index (Phi) is 5.14. The van der Waals surface area contributed by atoms with E-state index in [4.69, 9.17) is 11.6 Å². The molecule has 2 heterocycles. The molecule has 0 radical (unpaired) electrons. The third-order valence-corrected chi connectivity index (χ3v) is 5.18. The average Bonchev–Trinajstić information content (AvgIpc) is 2.73. The molecular formula is C23H18ClN3O2. The van der Waals surface area contributed by atoms with Gasteiger partial charge in [0, 0.05) is 45.6 Å². The Bertz CT molecular complexity index is 1270. The quantitative estimate of drug-likeness (QED) is 0.539. The van der Waals surface area contributed by atoms with E-state index in [9.17, 15) is 9.59 Å². The fourth-order valence-electron chi connectivity index (χ4n) is 3.17. The van der Waals surface area contributed by atoms with Gasteiger partial charge in [0.25, 0.3) is 11.5 Å². The zero-order valence-corrected chi connectivity index (χ0v) is 16.5. The number of aryl methyl sites for hydroxylation is 1. The molecule has 0 spiro atoms. The number of nitrogens with zero attached hydrogens (tertiary/aromatic N) is 2. The van der Waals surface area contributed by atoms with Gasteiger partial charge < -0.3 is 9.88 Å². The number of aromatic nitrogens is 2. The summed E-state index contributed by atoms with van der Waals surface area (Å²) in [6.07, 6.45) is 5.17. The summed E-state index contributed by atoms with van der Waals surface area (Å²) in [6.45, 7) is 2.31. The van der Waals surface area contributed by atoms with Crippen molar-refractivity contribution in [3.8, 4) is 0 Å². The second-order valence-corrected chi connectivity index (χ2v) is 7.20. The van der Waals surface area contributed by atoms with Crippen LogP contribution >= 0.6 is 11.6 Å². The number of carbonyl (C=O) groups is 1. The lowest BCUT2D eigenvalue weighted by atomic mass is 10.1. The molecule has 0 saturated carbocycles. The Balaban J connectivity index is 1.67. The number of anilines is 1. The molecule has 0 bridgehead atoms. The Morgan fingerprint density at radius 2 is 1.97 bits per heavy atom. The van der Waals surface area contributed by atoms with Gasteiger partial charge in [-0.2, -0.15) is 0 Å². The molecule has 0 aliphatic heterocycles. The Morgan fingerprint density at radius 3 is 2.72 bits per heavy atom. The van der Waals surface area contributed by atoms with Crippen LogP contribution in [0.4, 0.5) is 5.69 Å². The van der Waals surface area contributed by atoms with Gasteiger partial charge in [-0.05, 0) is 54.4 Å². The summed E-state index contributed by atoms with van der Waals surface area (Å²) in [7, 11) is 0. The maximum atomic E-state index is 12.9. The third-order valence-electron chi connectivity index (χ3n) is 4.78. The van der Waals surface area contributed by atoms with Crippen LogP contribution in [-0.2, 0) is 6.54 Å². The molecule has 2 aromatic heterocycles. The summed E-state index contributed by atoms with van der Waals surface area (Å²) in [5, 5.41) is 4.65. The van der Waals surface area contributed by atoms with Gasteiger partial charge >= 0.3 is 0 Å². The van der Waals surface area contributed by atoms with Crippen LogP contribution in [-0.4, -0.2) is 15.5 Å². The van der Waals surface area contributed by atoms with E-state index in [1.807, 2.05) is 25.1 Å². The smallest absolute Gasteiger partial charge is 0.258 e.